The molecule has 6 heteroatoms. The van der Waals surface area contributed by atoms with Crippen LogP contribution in [0.15, 0.2) is 23.2 Å². The molecule has 2 heterocycles. The van der Waals surface area contributed by atoms with Crippen LogP contribution in [-0.4, -0.2) is 27.4 Å². The summed E-state index contributed by atoms with van der Waals surface area (Å²) >= 11 is 0. The fraction of sp³-hybridized carbons (Fsp3) is 0.143. The van der Waals surface area contributed by atoms with E-state index in [-0.39, 0.29) is 0 Å². The van der Waals surface area contributed by atoms with Gasteiger partial charge in [-0.05, 0) is 5.16 Å². The number of rotatable bonds is 2. The standard InChI is InChI=1S/C7H6N4O2/c1-12-7-2-5(8-4-9-7)6-3-10-13-11-6/h2-4H,1H3. The van der Waals surface area contributed by atoms with Gasteiger partial charge in [0.2, 0.25) is 5.88 Å². The maximum absolute atomic E-state index is 4.92. The van der Waals surface area contributed by atoms with Crippen molar-refractivity contribution in [3.05, 3.63) is 18.6 Å². The molecule has 6 nitrogen and oxygen atoms in total. The number of methoxy groups -OCH3 is 1. The van der Waals surface area contributed by atoms with Crippen molar-refractivity contribution in [3.63, 3.8) is 0 Å². The first kappa shape index (κ1) is 7.66. The van der Waals surface area contributed by atoms with Gasteiger partial charge in [0.15, 0.2) is 5.69 Å². The molecule has 0 radical (unpaired) electrons. The highest BCUT2D eigenvalue weighted by Gasteiger charge is 2.04. The highest BCUT2D eigenvalue weighted by atomic mass is 16.6. The summed E-state index contributed by atoms with van der Waals surface area (Å²) in [5.74, 6) is 0.480. The van der Waals surface area contributed by atoms with Gasteiger partial charge in [-0.15, -0.1) is 0 Å². The summed E-state index contributed by atoms with van der Waals surface area (Å²) in [5, 5.41) is 7.10. The zero-order valence-electron chi connectivity index (χ0n) is 6.84. The molecule has 0 amide bonds. The first-order chi connectivity index (χ1) is 6.40. The van der Waals surface area contributed by atoms with Crippen LogP contribution in [0.3, 0.4) is 0 Å². The summed E-state index contributed by atoms with van der Waals surface area (Å²) in [6, 6.07) is 1.65. The molecule has 0 fully saturated rings. The molecule has 0 aliphatic rings. The molecule has 0 N–H and O–H groups in total. The molecule has 2 aromatic rings. The van der Waals surface area contributed by atoms with E-state index in [0.29, 0.717) is 17.3 Å². The van der Waals surface area contributed by atoms with Crippen molar-refractivity contribution in [2.45, 2.75) is 0 Å². The fourth-order valence-corrected chi connectivity index (χ4v) is 0.869. The minimum Gasteiger partial charge on any atom is -0.481 e. The van der Waals surface area contributed by atoms with Crippen LogP contribution in [0.25, 0.3) is 11.4 Å². The number of aromatic nitrogens is 4. The Morgan fingerprint density at radius 1 is 1.31 bits per heavy atom. The topological polar surface area (TPSA) is 73.9 Å². The number of hydrogen-bond donors (Lipinski definition) is 0. The molecule has 2 rings (SSSR count). The molecule has 0 spiro atoms. The average Bonchev–Trinajstić information content (AvgIpc) is 2.71. The number of ether oxygens (including phenoxy) is 1. The largest absolute Gasteiger partial charge is 0.481 e. The Labute approximate surface area is 73.5 Å². The lowest BCUT2D eigenvalue weighted by atomic mass is 10.3. The summed E-state index contributed by atoms with van der Waals surface area (Å²) < 4.78 is 9.36. The normalized spacial score (nSPS) is 9.92. The second-order valence-electron chi connectivity index (χ2n) is 2.24. The first-order valence-corrected chi connectivity index (χ1v) is 3.54. The van der Waals surface area contributed by atoms with E-state index >= 15 is 0 Å². The Bertz CT molecular complexity index is 387. The monoisotopic (exact) mass is 178 g/mol. The molecule has 13 heavy (non-hydrogen) atoms. The molecule has 0 aliphatic heterocycles. The summed E-state index contributed by atoms with van der Waals surface area (Å²) in [7, 11) is 1.53. The van der Waals surface area contributed by atoms with Gasteiger partial charge in [-0.3, -0.25) is 0 Å². The average molecular weight is 178 g/mol. The number of nitrogens with zero attached hydrogens (tertiary/aromatic N) is 4. The van der Waals surface area contributed by atoms with Gasteiger partial charge >= 0.3 is 0 Å². The van der Waals surface area contributed by atoms with Crippen molar-refractivity contribution < 1.29 is 9.37 Å². The van der Waals surface area contributed by atoms with Crippen LogP contribution in [0.1, 0.15) is 0 Å². The van der Waals surface area contributed by atoms with Gasteiger partial charge in [0, 0.05) is 6.07 Å². The van der Waals surface area contributed by atoms with E-state index in [4.69, 9.17) is 4.74 Å². The van der Waals surface area contributed by atoms with Crippen molar-refractivity contribution in [1.29, 1.82) is 0 Å². The van der Waals surface area contributed by atoms with Gasteiger partial charge in [-0.2, -0.15) is 0 Å². The Morgan fingerprint density at radius 2 is 2.23 bits per heavy atom. The first-order valence-electron chi connectivity index (χ1n) is 3.54. The Morgan fingerprint density at radius 3 is 2.92 bits per heavy atom. The van der Waals surface area contributed by atoms with Crippen LogP contribution < -0.4 is 4.74 Å². The lowest BCUT2D eigenvalue weighted by molar-refractivity contribution is 0.308. The summed E-state index contributed by atoms with van der Waals surface area (Å²) in [6.45, 7) is 0. The molecule has 0 unspecified atom stereocenters. The summed E-state index contributed by atoms with van der Waals surface area (Å²) in [5.41, 5.74) is 1.17. The lowest BCUT2D eigenvalue weighted by Gasteiger charge is -1.97. The van der Waals surface area contributed by atoms with Gasteiger partial charge in [0.1, 0.15) is 18.2 Å². The summed E-state index contributed by atoms with van der Waals surface area (Å²) in [6.07, 6.45) is 2.87. The highest BCUT2D eigenvalue weighted by molar-refractivity contribution is 5.52. The second kappa shape index (κ2) is 3.18. The molecule has 66 valence electrons. The van der Waals surface area contributed by atoms with Crippen LogP contribution >= 0.6 is 0 Å². The third kappa shape index (κ3) is 1.46. The molecular weight excluding hydrogens is 172 g/mol. The zero-order chi connectivity index (χ0) is 9.10. The highest BCUT2D eigenvalue weighted by Crippen LogP contribution is 2.15. The van der Waals surface area contributed by atoms with Gasteiger partial charge < -0.3 is 4.74 Å². The molecule has 0 saturated heterocycles. The molecule has 0 aromatic carbocycles. The van der Waals surface area contributed by atoms with E-state index in [9.17, 15) is 0 Å². The van der Waals surface area contributed by atoms with Gasteiger partial charge in [-0.1, -0.05) is 5.16 Å². The SMILES string of the molecule is COc1cc(-c2cnon2)ncn1. The molecule has 0 aliphatic carbocycles. The van der Waals surface area contributed by atoms with Crippen molar-refractivity contribution in [2.75, 3.05) is 7.11 Å². The zero-order valence-corrected chi connectivity index (χ0v) is 6.84. The predicted molar refractivity (Wildman–Crippen MR) is 41.9 cm³/mol. The Hall–Kier alpha value is -1.98. The third-order valence-corrected chi connectivity index (χ3v) is 1.47. The fourth-order valence-electron chi connectivity index (χ4n) is 0.869. The Kier molecular flexibility index (Phi) is 1.87. The summed E-state index contributed by atoms with van der Waals surface area (Å²) in [4.78, 5) is 7.83. The molecule has 0 bridgehead atoms. The predicted octanol–water partition coefficient (Wildman–Crippen LogP) is 0.535. The van der Waals surface area contributed by atoms with E-state index in [1.165, 1.54) is 19.6 Å². The van der Waals surface area contributed by atoms with Crippen LogP contribution in [-0.2, 0) is 0 Å². The molecule has 0 atom stereocenters. The maximum Gasteiger partial charge on any atom is 0.216 e. The van der Waals surface area contributed by atoms with Crippen LogP contribution in [0.5, 0.6) is 5.88 Å². The lowest BCUT2D eigenvalue weighted by Crippen LogP contribution is -1.90. The van der Waals surface area contributed by atoms with Crippen molar-refractivity contribution >= 4 is 0 Å². The minimum atomic E-state index is 0.480. The molecule has 2 aromatic heterocycles. The van der Waals surface area contributed by atoms with Crippen LogP contribution in [0.4, 0.5) is 0 Å². The molecular formula is C7H6N4O2. The van der Waals surface area contributed by atoms with E-state index in [0.717, 1.165) is 0 Å². The van der Waals surface area contributed by atoms with E-state index in [1.807, 2.05) is 0 Å². The van der Waals surface area contributed by atoms with Crippen molar-refractivity contribution in [2.24, 2.45) is 0 Å². The second-order valence-corrected chi connectivity index (χ2v) is 2.24. The van der Waals surface area contributed by atoms with E-state index in [1.54, 1.807) is 6.07 Å². The smallest absolute Gasteiger partial charge is 0.216 e. The third-order valence-electron chi connectivity index (χ3n) is 1.47. The van der Waals surface area contributed by atoms with E-state index in [2.05, 4.69) is 24.9 Å². The Balaban J connectivity index is 2.41. The van der Waals surface area contributed by atoms with Crippen molar-refractivity contribution in [3.8, 4) is 17.3 Å². The van der Waals surface area contributed by atoms with Gasteiger partial charge in [-0.25, -0.2) is 14.6 Å². The minimum absolute atomic E-state index is 0.480. The van der Waals surface area contributed by atoms with Crippen LogP contribution in [0.2, 0.25) is 0 Å². The maximum atomic E-state index is 4.92. The number of hydrogen-bond acceptors (Lipinski definition) is 6. The van der Waals surface area contributed by atoms with Crippen LogP contribution in [0, 0.1) is 0 Å². The van der Waals surface area contributed by atoms with Gasteiger partial charge in [0.25, 0.3) is 0 Å². The van der Waals surface area contributed by atoms with Crippen molar-refractivity contribution in [1.82, 2.24) is 20.3 Å². The molecule has 0 saturated carbocycles. The van der Waals surface area contributed by atoms with E-state index < -0.39 is 0 Å². The van der Waals surface area contributed by atoms with Gasteiger partial charge in [0.05, 0.1) is 7.11 Å². The quantitative estimate of drug-likeness (QED) is 0.667.